The standard InChI is InChI=1S/C18H21ClN4O3/c1-4-20-17-14(12-21-23(17)5-2)18(24)22-15-11-13(19)7-8-16(15)26-10-6-9-25-3/h4-5,7-8,11-12H,2,6,9-10H2,1,3H3,(H,22,24)/b20-4-. The normalized spacial score (nSPS) is 10.9. The first-order chi connectivity index (χ1) is 12.6. The van der Waals surface area contributed by atoms with Crippen molar-refractivity contribution < 1.29 is 14.3 Å². The number of ether oxygens (including phenoxy) is 2. The Balaban J connectivity index is 2.22. The molecule has 0 aliphatic heterocycles. The van der Waals surface area contributed by atoms with Gasteiger partial charge in [-0.3, -0.25) is 4.79 Å². The number of hydrogen-bond acceptors (Lipinski definition) is 5. The van der Waals surface area contributed by atoms with E-state index in [0.717, 1.165) is 6.42 Å². The van der Waals surface area contributed by atoms with E-state index in [1.165, 1.54) is 17.1 Å². The van der Waals surface area contributed by atoms with E-state index >= 15 is 0 Å². The SMILES string of the molecule is C=Cn1ncc(C(=O)Nc2cc(Cl)ccc2OCCCOC)c1/N=C\C. The Kier molecular flexibility index (Phi) is 7.37. The van der Waals surface area contributed by atoms with Crippen LogP contribution >= 0.6 is 11.6 Å². The topological polar surface area (TPSA) is 77.7 Å². The third kappa shape index (κ3) is 4.93. The van der Waals surface area contributed by atoms with Gasteiger partial charge in [0.15, 0.2) is 5.82 Å². The third-order valence-corrected chi connectivity index (χ3v) is 3.61. The van der Waals surface area contributed by atoms with Gasteiger partial charge in [0.05, 0.1) is 18.5 Å². The molecule has 0 saturated carbocycles. The minimum absolute atomic E-state index is 0.313. The summed E-state index contributed by atoms with van der Waals surface area (Å²) >= 11 is 6.06. The summed E-state index contributed by atoms with van der Waals surface area (Å²) in [6, 6.07) is 5.04. The number of aromatic nitrogens is 2. The first-order valence-electron chi connectivity index (χ1n) is 8.02. The maximum Gasteiger partial charge on any atom is 0.261 e. The fourth-order valence-corrected chi connectivity index (χ4v) is 2.37. The zero-order valence-electron chi connectivity index (χ0n) is 14.7. The van der Waals surface area contributed by atoms with E-state index < -0.39 is 0 Å². The second-order valence-corrected chi connectivity index (χ2v) is 5.62. The molecule has 1 heterocycles. The molecule has 8 heteroatoms. The first-order valence-corrected chi connectivity index (χ1v) is 8.39. The second kappa shape index (κ2) is 9.74. The van der Waals surface area contributed by atoms with Gasteiger partial charge < -0.3 is 14.8 Å². The number of rotatable bonds is 9. The van der Waals surface area contributed by atoms with Crippen LogP contribution in [0.1, 0.15) is 23.7 Å². The van der Waals surface area contributed by atoms with Gasteiger partial charge in [0.1, 0.15) is 11.3 Å². The lowest BCUT2D eigenvalue weighted by molar-refractivity contribution is 0.102. The van der Waals surface area contributed by atoms with Crippen molar-refractivity contribution >= 4 is 41.4 Å². The fraction of sp³-hybridized carbons (Fsp3) is 0.278. The molecule has 26 heavy (non-hydrogen) atoms. The van der Waals surface area contributed by atoms with Crippen molar-refractivity contribution in [3.05, 3.63) is 41.6 Å². The van der Waals surface area contributed by atoms with Gasteiger partial charge in [-0.25, -0.2) is 9.67 Å². The maximum atomic E-state index is 12.7. The van der Waals surface area contributed by atoms with Crippen LogP contribution < -0.4 is 10.1 Å². The van der Waals surface area contributed by atoms with Crippen LogP contribution in [0, 0.1) is 0 Å². The Morgan fingerprint density at radius 2 is 2.27 bits per heavy atom. The lowest BCUT2D eigenvalue weighted by Gasteiger charge is -2.13. The number of nitrogens with zero attached hydrogens (tertiary/aromatic N) is 3. The van der Waals surface area contributed by atoms with E-state index in [1.807, 2.05) is 0 Å². The van der Waals surface area contributed by atoms with Crippen molar-refractivity contribution in [2.75, 3.05) is 25.6 Å². The molecule has 0 aliphatic rings. The number of hydrogen-bond donors (Lipinski definition) is 1. The summed E-state index contributed by atoms with van der Waals surface area (Å²) < 4.78 is 12.1. The van der Waals surface area contributed by atoms with Crippen LogP contribution in [0.25, 0.3) is 6.20 Å². The summed E-state index contributed by atoms with van der Waals surface area (Å²) in [6.45, 7) is 6.46. The summed E-state index contributed by atoms with van der Waals surface area (Å²) in [5, 5.41) is 7.37. The average molecular weight is 377 g/mol. The number of anilines is 1. The molecule has 0 aliphatic carbocycles. The molecule has 0 fully saturated rings. The largest absolute Gasteiger partial charge is 0.491 e. The first kappa shape index (κ1) is 19.7. The van der Waals surface area contributed by atoms with Crippen molar-refractivity contribution in [2.45, 2.75) is 13.3 Å². The zero-order chi connectivity index (χ0) is 18.9. The molecule has 0 bridgehead atoms. The third-order valence-electron chi connectivity index (χ3n) is 3.38. The smallest absolute Gasteiger partial charge is 0.261 e. The highest BCUT2D eigenvalue weighted by Crippen LogP contribution is 2.29. The highest BCUT2D eigenvalue weighted by Gasteiger charge is 2.18. The van der Waals surface area contributed by atoms with Crippen molar-refractivity contribution in [3.8, 4) is 5.75 Å². The molecule has 1 aromatic heterocycles. The average Bonchev–Trinajstić information content (AvgIpc) is 3.03. The lowest BCUT2D eigenvalue weighted by Crippen LogP contribution is -2.13. The van der Waals surface area contributed by atoms with Gasteiger partial charge in [-0.05, 0) is 25.1 Å². The summed E-state index contributed by atoms with van der Waals surface area (Å²) in [6.07, 6.45) is 5.22. The molecule has 0 unspecified atom stereocenters. The van der Waals surface area contributed by atoms with Gasteiger partial charge in [-0.15, -0.1) is 0 Å². The molecule has 0 radical (unpaired) electrons. The van der Waals surface area contributed by atoms with E-state index in [4.69, 9.17) is 21.1 Å². The van der Waals surface area contributed by atoms with Crippen LogP contribution in [0.15, 0.2) is 36.0 Å². The minimum Gasteiger partial charge on any atom is -0.491 e. The van der Waals surface area contributed by atoms with Gasteiger partial charge in [0.25, 0.3) is 5.91 Å². The summed E-state index contributed by atoms with van der Waals surface area (Å²) in [7, 11) is 1.63. The van der Waals surface area contributed by atoms with Gasteiger partial charge in [-0.1, -0.05) is 18.2 Å². The van der Waals surface area contributed by atoms with Gasteiger partial charge in [0, 0.05) is 37.6 Å². The number of halogens is 1. The van der Waals surface area contributed by atoms with E-state index in [2.05, 4.69) is 22.0 Å². The Morgan fingerprint density at radius 3 is 2.96 bits per heavy atom. The van der Waals surface area contributed by atoms with E-state index in [9.17, 15) is 4.79 Å². The van der Waals surface area contributed by atoms with Crippen LogP contribution in [0.4, 0.5) is 11.5 Å². The predicted octanol–water partition coefficient (Wildman–Crippen LogP) is 4.03. The van der Waals surface area contributed by atoms with Crippen LogP contribution in [0.3, 0.4) is 0 Å². The Bertz CT molecular complexity index is 802. The molecule has 2 rings (SSSR count). The number of methoxy groups -OCH3 is 1. The molecule has 0 saturated heterocycles. The Labute approximate surface area is 157 Å². The van der Waals surface area contributed by atoms with Crippen molar-refractivity contribution in [2.24, 2.45) is 4.99 Å². The van der Waals surface area contributed by atoms with E-state index in [1.54, 1.807) is 38.4 Å². The highest BCUT2D eigenvalue weighted by atomic mass is 35.5. The van der Waals surface area contributed by atoms with Gasteiger partial charge in [0.2, 0.25) is 0 Å². The Morgan fingerprint density at radius 1 is 1.46 bits per heavy atom. The molecule has 1 amide bonds. The van der Waals surface area contributed by atoms with Crippen LogP contribution in [-0.2, 0) is 4.74 Å². The molecular weight excluding hydrogens is 356 g/mol. The fourth-order valence-electron chi connectivity index (χ4n) is 2.20. The quantitative estimate of drug-likeness (QED) is 0.529. The van der Waals surface area contributed by atoms with Crippen molar-refractivity contribution in [3.63, 3.8) is 0 Å². The molecule has 138 valence electrons. The highest BCUT2D eigenvalue weighted by molar-refractivity contribution is 6.31. The maximum absolute atomic E-state index is 12.7. The summed E-state index contributed by atoms with van der Waals surface area (Å²) in [5.74, 6) is 0.544. The molecule has 2 aromatic rings. The Hall–Kier alpha value is -2.64. The van der Waals surface area contributed by atoms with Gasteiger partial charge >= 0.3 is 0 Å². The molecule has 1 aromatic carbocycles. The zero-order valence-corrected chi connectivity index (χ0v) is 15.5. The van der Waals surface area contributed by atoms with Gasteiger partial charge in [-0.2, -0.15) is 5.10 Å². The number of aliphatic imine (C=N–C) groups is 1. The summed E-state index contributed by atoms with van der Waals surface area (Å²) in [5.41, 5.74) is 0.783. The summed E-state index contributed by atoms with van der Waals surface area (Å²) in [4.78, 5) is 16.9. The molecule has 0 atom stereocenters. The molecule has 7 nitrogen and oxygen atoms in total. The van der Waals surface area contributed by atoms with Crippen LogP contribution in [-0.4, -0.2) is 42.2 Å². The number of amides is 1. The van der Waals surface area contributed by atoms with E-state index in [0.29, 0.717) is 41.1 Å². The predicted molar refractivity (Wildman–Crippen MR) is 104 cm³/mol. The molecule has 0 spiro atoms. The molecule has 1 N–H and O–H groups in total. The van der Waals surface area contributed by atoms with Crippen molar-refractivity contribution in [1.82, 2.24) is 9.78 Å². The number of nitrogens with one attached hydrogen (secondary N) is 1. The lowest BCUT2D eigenvalue weighted by atomic mass is 10.2. The molecular formula is C18H21ClN4O3. The number of carbonyl (C=O) groups excluding carboxylic acids is 1. The van der Waals surface area contributed by atoms with E-state index in [-0.39, 0.29) is 5.91 Å². The van der Waals surface area contributed by atoms with Crippen LogP contribution in [0.5, 0.6) is 5.75 Å². The van der Waals surface area contributed by atoms with Crippen LogP contribution in [0.2, 0.25) is 5.02 Å². The number of carbonyl (C=O) groups is 1. The monoisotopic (exact) mass is 376 g/mol. The minimum atomic E-state index is -0.372. The van der Waals surface area contributed by atoms with Crippen molar-refractivity contribution in [1.29, 1.82) is 0 Å². The number of benzene rings is 1. The second-order valence-electron chi connectivity index (χ2n) is 5.19.